The summed E-state index contributed by atoms with van der Waals surface area (Å²) in [6.07, 6.45) is 1.22. The zero-order chi connectivity index (χ0) is 11.5. The summed E-state index contributed by atoms with van der Waals surface area (Å²) in [7, 11) is 1.68. The molecule has 88 valence electrons. The minimum Gasteiger partial charge on any atom is -0.358 e. The van der Waals surface area contributed by atoms with Gasteiger partial charge in [-0.15, -0.1) is 0 Å². The van der Waals surface area contributed by atoms with E-state index in [-0.39, 0.29) is 11.9 Å². The molecule has 2 unspecified atom stereocenters. The number of thioether (sulfide) groups is 1. The predicted octanol–water partition coefficient (Wildman–Crippen LogP) is 1.24. The molecular weight excluding hydrogens is 208 g/mol. The number of likely N-dealkylation sites (N-methyl/N-ethyl adjacent to an activating group) is 1. The van der Waals surface area contributed by atoms with E-state index in [1.807, 2.05) is 18.7 Å². The highest BCUT2D eigenvalue weighted by molar-refractivity contribution is 7.99. The van der Waals surface area contributed by atoms with E-state index in [2.05, 4.69) is 24.5 Å². The molecule has 1 heterocycles. The Hall–Kier alpha value is -0.220. The fourth-order valence-corrected chi connectivity index (χ4v) is 3.42. The van der Waals surface area contributed by atoms with E-state index in [9.17, 15) is 4.79 Å². The van der Waals surface area contributed by atoms with Gasteiger partial charge in [0.05, 0.1) is 6.04 Å². The summed E-state index contributed by atoms with van der Waals surface area (Å²) in [6.45, 7) is 6.48. The number of carbonyl (C=O) groups is 1. The fourth-order valence-electron chi connectivity index (χ4n) is 1.80. The van der Waals surface area contributed by atoms with Crippen LogP contribution in [0.5, 0.6) is 0 Å². The van der Waals surface area contributed by atoms with Gasteiger partial charge >= 0.3 is 0 Å². The first-order valence-corrected chi connectivity index (χ1v) is 6.68. The standard InChI is InChI=1S/C11H22N2OS/c1-8(10(14)12-4)13-9-7-15-6-5-11(9,2)3/h8-9,13H,5-7H2,1-4H3,(H,12,14). The topological polar surface area (TPSA) is 41.1 Å². The Balaban J connectivity index is 2.52. The van der Waals surface area contributed by atoms with Gasteiger partial charge in [-0.05, 0) is 24.5 Å². The lowest BCUT2D eigenvalue weighted by Gasteiger charge is -2.40. The lowest BCUT2D eigenvalue weighted by atomic mass is 9.82. The molecule has 1 amide bonds. The number of nitrogens with one attached hydrogen (secondary N) is 2. The highest BCUT2D eigenvalue weighted by Gasteiger charge is 2.33. The molecule has 0 aliphatic carbocycles. The molecule has 0 bridgehead atoms. The van der Waals surface area contributed by atoms with E-state index in [4.69, 9.17) is 0 Å². The monoisotopic (exact) mass is 230 g/mol. The minimum atomic E-state index is -0.0991. The van der Waals surface area contributed by atoms with Gasteiger partial charge in [0.15, 0.2) is 0 Å². The van der Waals surface area contributed by atoms with Crippen LogP contribution < -0.4 is 10.6 Å². The molecular formula is C11H22N2OS. The van der Waals surface area contributed by atoms with Crippen LogP contribution in [0, 0.1) is 5.41 Å². The SMILES string of the molecule is CNC(=O)C(C)NC1CSCCC1(C)C. The first-order chi connectivity index (χ1) is 6.97. The lowest BCUT2D eigenvalue weighted by molar-refractivity contribution is -0.122. The molecule has 0 aromatic rings. The Labute approximate surface area is 96.8 Å². The van der Waals surface area contributed by atoms with Crippen LogP contribution in [-0.4, -0.2) is 36.5 Å². The summed E-state index contributed by atoms with van der Waals surface area (Å²) in [5.41, 5.74) is 0.299. The van der Waals surface area contributed by atoms with Crippen LogP contribution in [0.25, 0.3) is 0 Å². The van der Waals surface area contributed by atoms with E-state index in [0.717, 1.165) is 5.75 Å². The molecule has 3 nitrogen and oxygen atoms in total. The summed E-state index contributed by atoms with van der Waals surface area (Å²) in [6, 6.07) is 0.335. The Morgan fingerprint density at radius 1 is 1.53 bits per heavy atom. The van der Waals surface area contributed by atoms with E-state index >= 15 is 0 Å². The van der Waals surface area contributed by atoms with Crippen LogP contribution in [-0.2, 0) is 4.79 Å². The van der Waals surface area contributed by atoms with Crippen LogP contribution in [0.3, 0.4) is 0 Å². The van der Waals surface area contributed by atoms with Crippen molar-refractivity contribution in [2.24, 2.45) is 5.41 Å². The number of rotatable bonds is 3. The lowest BCUT2D eigenvalue weighted by Crippen LogP contribution is -2.53. The molecule has 2 N–H and O–H groups in total. The number of amides is 1. The van der Waals surface area contributed by atoms with Crippen molar-refractivity contribution < 1.29 is 4.79 Å². The highest BCUT2D eigenvalue weighted by atomic mass is 32.2. The van der Waals surface area contributed by atoms with Gasteiger partial charge in [-0.1, -0.05) is 13.8 Å². The first-order valence-electron chi connectivity index (χ1n) is 5.53. The van der Waals surface area contributed by atoms with Crippen molar-refractivity contribution in [2.45, 2.75) is 39.3 Å². The number of hydrogen-bond acceptors (Lipinski definition) is 3. The van der Waals surface area contributed by atoms with Gasteiger partial charge in [0.2, 0.25) is 5.91 Å². The van der Waals surface area contributed by atoms with Crippen LogP contribution in [0.15, 0.2) is 0 Å². The number of carbonyl (C=O) groups excluding carboxylic acids is 1. The third kappa shape index (κ3) is 3.38. The van der Waals surface area contributed by atoms with E-state index in [1.54, 1.807) is 7.05 Å². The van der Waals surface area contributed by atoms with Crippen LogP contribution in [0.1, 0.15) is 27.2 Å². The molecule has 1 fully saturated rings. The van der Waals surface area contributed by atoms with E-state index in [0.29, 0.717) is 11.5 Å². The van der Waals surface area contributed by atoms with Crippen molar-refractivity contribution in [2.75, 3.05) is 18.6 Å². The Kier molecular flexibility index (Phi) is 4.46. The number of hydrogen-bond donors (Lipinski definition) is 2. The predicted molar refractivity (Wildman–Crippen MR) is 66.2 cm³/mol. The summed E-state index contributed by atoms with van der Waals surface area (Å²) >= 11 is 1.97. The Morgan fingerprint density at radius 3 is 2.73 bits per heavy atom. The largest absolute Gasteiger partial charge is 0.358 e. The molecule has 0 aromatic carbocycles. The van der Waals surface area contributed by atoms with Gasteiger partial charge in [-0.25, -0.2) is 0 Å². The van der Waals surface area contributed by atoms with Crippen molar-refractivity contribution in [3.8, 4) is 0 Å². The highest BCUT2D eigenvalue weighted by Crippen LogP contribution is 2.34. The third-order valence-corrected chi connectivity index (χ3v) is 4.27. The average molecular weight is 230 g/mol. The van der Waals surface area contributed by atoms with Crippen molar-refractivity contribution in [1.82, 2.24) is 10.6 Å². The van der Waals surface area contributed by atoms with Crippen LogP contribution >= 0.6 is 11.8 Å². The quantitative estimate of drug-likeness (QED) is 0.766. The molecule has 15 heavy (non-hydrogen) atoms. The van der Waals surface area contributed by atoms with Crippen LogP contribution in [0.2, 0.25) is 0 Å². The summed E-state index contributed by atoms with van der Waals surface area (Å²) < 4.78 is 0. The summed E-state index contributed by atoms with van der Waals surface area (Å²) in [5.74, 6) is 2.41. The van der Waals surface area contributed by atoms with Crippen molar-refractivity contribution in [3.63, 3.8) is 0 Å². The Bertz CT molecular complexity index is 231. The maximum Gasteiger partial charge on any atom is 0.236 e. The normalized spacial score (nSPS) is 27.1. The maximum atomic E-state index is 11.4. The molecule has 0 aromatic heterocycles. The van der Waals surface area contributed by atoms with Gasteiger partial charge in [0.1, 0.15) is 0 Å². The fraction of sp³-hybridized carbons (Fsp3) is 0.909. The molecule has 2 atom stereocenters. The van der Waals surface area contributed by atoms with E-state index in [1.165, 1.54) is 12.2 Å². The molecule has 0 spiro atoms. The summed E-state index contributed by atoms with van der Waals surface area (Å²) in [5, 5.41) is 6.10. The smallest absolute Gasteiger partial charge is 0.236 e. The second-order valence-corrected chi connectivity index (χ2v) is 6.02. The molecule has 1 aliphatic heterocycles. The van der Waals surface area contributed by atoms with Crippen molar-refractivity contribution in [3.05, 3.63) is 0 Å². The van der Waals surface area contributed by atoms with Gasteiger partial charge in [0, 0.05) is 18.8 Å². The van der Waals surface area contributed by atoms with Gasteiger partial charge < -0.3 is 10.6 Å². The molecule has 4 heteroatoms. The molecule has 1 aliphatic rings. The zero-order valence-corrected chi connectivity index (χ0v) is 10.9. The molecule has 0 saturated carbocycles. The molecule has 1 rings (SSSR count). The van der Waals surface area contributed by atoms with Gasteiger partial charge in [-0.2, -0.15) is 11.8 Å². The average Bonchev–Trinajstić information content (AvgIpc) is 2.19. The minimum absolute atomic E-state index is 0.0707. The van der Waals surface area contributed by atoms with Gasteiger partial charge in [-0.3, -0.25) is 4.79 Å². The summed E-state index contributed by atoms with van der Waals surface area (Å²) in [4.78, 5) is 11.4. The first kappa shape index (κ1) is 12.8. The second-order valence-electron chi connectivity index (χ2n) is 4.87. The molecule has 0 radical (unpaired) electrons. The second kappa shape index (κ2) is 5.21. The molecule has 1 saturated heterocycles. The zero-order valence-electron chi connectivity index (χ0n) is 10.1. The van der Waals surface area contributed by atoms with Gasteiger partial charge in [0.25, 0.3) is 0 Å². The van der Waals surface area contributed by atoms with Crippen molar-refractivity contribution >= 4 is 17.7 Å². The third-order valence-electron chi connectivity index (χ3n) is 3.21. The maximum absolute atomic E-state index is 11.4. The van der Waals surface area contributed by atoms with E-state index < -0.39 is 0 Å². The Morgan fingerprint density at radius 2 is 2.20 bits per heavy atom. The van der Waals surface area contributed by atoms with Crippen molar-refractivity contribution in [1.29, 1.82) is 0 Å². The van der Waals surface area contributed by atoms with Crippen LogP contribution in [0.4, 0.5) is 0 Å².